The monoisotopic (exact) mass is 428 g/mol. The molecule has 132 valence electrons. The molecule has 0 spiro atoms. The van der Waals surface area contributed by atoms with Crippen molar-refractivity contribution in [3.05, 3.63) is 18.2 Å². The van der Waals surface area contributed by atoms with Crippen molar-refractivity contribution in [1.82, 2.24) is 0 Å². The number of hydrogen-bond donors (Lipinski definition) is 0. The molecule has 0 amide bonds. The SMILES string of the molecule is CCC[CH2][Sn]([CH2]CCC)([CH2]CCC)[c]1cc(OC)ccc1OC. The molecule has 3 heteroatoms. The van der Waals surface area contributed by atoms with Crippen LogP contribution in [-0.4, -0.2) is 32.6 Å². The molecule has 0 saturated heterocycles. The molecule has 0 aliphatic heterocycles. The first-order valence-electron chi connectivity index (χ1n) is 9.39. The van der Waals surface area contributed by atoms with Crippen LogP contribution < -0.4 is 13.1 Å². The van der Waals surface area contributed by atoms with Crippen LogP contribution in [0.2, 0.25) is 13.3 Å². The van der Waals surface area contributed by atoms with Crippen LogP contribution in [0.15, 0.2) is 18.2 Å². The summed E-state index contributed by atoms with van der Waals surface area (Å²) in [5.74, 6) is 2.11. The predicted molar refractivity (Wildman–Crippen MR) is 104 cm³/mol. The third kappa shape index (κ3) is 5.88. The molecule has 0 atom stereocenters. The van der Waals surface area contributed by atoms with Crippen LogP contribution in [0.5, 0.6) is 11.5 Å². The third-order valence-corrected chi connectivity index (χ3v) is 20.6. The Hall–Kier alpha value is -0.381. The van der Waals surface area contributed by atoms with Gasteiger partial charge in [-0.25, -0.2) is 0 Å². The Morgan fingerprint density at radius 2 is 1.30 bits per heavy atom. The summed E-state index contributed by atoms with van der Waals surface area (Å²) in [5.41, 5.74) is 0. The van der Waals surface area contributed by atoms with Crippen LogP contribution in [0.4, 0.5) is 0 Å². The van der Waals surface area contributed by atoms with Gasteiger partial charge in [-0.1, -0.05) is 0 Å². The molecule has 0 N–H and O–H groups in total. The standard InChI is InChI=1S/C8H9O2.3C4H9.Sn/c1-9-7-3-5-8(10-2)6-4-7;3*1-3-4-2;/h3-5H,1-2H3;3*1,3-4H2,2H3;. The quantitative estimate of drug-likeness (QED) is 0.395. The second kappa shape index (κ2) is 11.2. The van der Waals surface area contributed by atoms with E-state index in [2.05, 4.69) is 32.9 Å². The zero-order valence-corrected chi connectivity index (χ0v) is 18.8. The molecular formula is C20H36O2Sn. The number of hydrogen-bond acceptors (Lipinski definition) is 2. The maximum atomic E-state index is 5.79. The fourth-order valence-electron chi connectivity index (χ4n) is 3.55. The molecule has 1 rings (SSSR count). The van der Waals surface area contributed by atoms with Crippen molar-refractivity contribution in [2.24, 2.45) is 0 Å². The van der Waals surface area contributed by atoms with Crippen LogP contribution in [0.25, 0.3) is 0 Å². The van der Waals surface area contributed by atoms with Gasteiger partial charge in [0.1, 0.15) is 0 Å². The van der Waals surface area contributed by atoms with Crippen LogP contribution in [0, 0.1) is 0 Å². The van der Waals surface area contributed by atoms with E-state index in [9.17, 15) is 0 Å². The molecule has 0 saturated carbocycles. The molecule has 1 aromatic carbocycles. The van der Waals surface area contributed by atoms with Gasteiger partial charge in [0.05, 0.1) is 0 Å². The summed E-state index contributed by atoms with van der Waals surface area (Å²) in [6.45, 7) is 6.96. The number of ether oxygens (including phenoxy) is 2. The summed E-state index contributed by atoms with van der Waals surface area (Å²) in [6, 6.07) is 6.48. The normalized spacial score (nSPS) is 11.5. The van der Waals surface area contributed by atoms with Crippen molar-refractivity contribution in [3.63, 3.8) is 0 Å². The second-order valence-corrected chi connectivity index (χ2v) is 19.8. The van der Waals surface area contributed by atoms with Gasteiger partial charge in [0.2, 0.25) is 0 Å². The fourth-order valence-corrected chi connectivity index (χ4v) is 20.1. The van der Waals surface area contributed by atoms with E-state index in [1.807, 2.05) is 13.2 Å². The van der Waals surface area contributed by atoms with E-state index in [4.69, 9.17) is 9.47 Å². The van der Waals surface area contributed by atoms with Crippen molar-refractivity contribution in [2.75, 3.05) is 14.2 Å². The van der Waals surface area contributed by atoms with Crippen molar-refractivity contribution in [1.29, 1.82) is 0 Å². The van der Waals surface area contributed by atoms with E-state index in [0.717, 1.165) is 11.5 Å². The van der Waals surface area contributed by atoms with Gasteiger partial charge in [-0.05, 0) is 0 Å². The number of unbranched alkanes of at least 4 members (excludes halogenated alkanes) is 3. The third-order valence-electron chi connectivity index (χ3n) is 5.00. The Bertz CT molecular complexity index is 423. The van der Waals surface area contributed by atoms with Gasteiger partial charge in [0.25, 0.3) is 0 Å². The van der Waals surface area contributed by atoms with E-state index in [-0.39, 0.29) is 0 Å². The second-order valence-electron chi connectivity index (χ2n) is 6.66. The van der Waals surface area contributed by atoms with Gasteiger partial charge < -0.3 is 0 Å². The number of methoxy groups -OCH3 is 2. The van der Waals surface area contributed by atoms with Crippen molar-refractivity contribution >= 4 is 22.0 Å². The Morgan fingerprint density at radius 1 is 0.783 bits per heavy atom. The van der Waals surface area contributed by atoms with E-state index in [1.54, 1.807) is 10.7 Å². The number of benzene rings is 1. The molecule has 0 radical (unpaired) electrons. The van der Waals surface area contributed by atoms with Gasteiger partial charge in [-0.2, -0.15) is 0 Å². The molecule has 0 fully saturated rings. The Balaban J connectivity index is 3.32. The van der Waals surface area contributed by atoms with Gasteiger partial charge >= 0.3 is 148 Å². The maximum absolute atomic E-state index is 5.79. The first-order chi connectivity index (χ1) is 11.2. The van der Waals surface area contributed by atoms with Crippen molar-refractivity contribution < 1.29 is 9.47 Å². The van der Waals surface area contributed by atoms with Crippen LogP contribution in [-0.2, 0) is 0 Å². The van der Waals surface area contributed by atoms with Crippen molar-refractivity contribution in [3.8, 4) is 11.5 Å². The van der Waals surface area contributed by atoms with Crippen LogP contribution in [0.1, 0.15) is 59.3 Å². The first-order valence-corrected chi connectivity index (χ1v) is 16.9. The molecule has 0 aliphatic carbocycles. The fraction of sp³-hybridized carbons (Fsp3) is 0.700. The average molecular weight is 427 g/mol. The molecule has 0 aromatic heterocycles. The predicted octanol–water partition coefficient (Wildman–Crippen LogP) is 5.76. The molecule has 23 heavy (non-hydrogen) atoms. The molecular weight excluding hydrogens is 391 g/mol. The van der Waals surface area contributed by atoms with Gasteiger partial charge in [0.15, 0.2) is 0 Å². The summed E-state index contributed by atoms with van der Waals surface area (Å²) in [7, 11) is 3.59. The summed E-state index contributed by atoms with van der Waals surface area (Å²) < 4.78 is 17.3. The van der Waals surface area contributed by atoms with Crippen LogP contribution in [0.3, 0.4) is 0 Å². The molecule has 2 nitrogen and oxygen atoms in total. The van der Waals surface area contributed by atoms with E-state index < -0.39 is 18.4 Å². The minimum atomic E-state index is -2.46. The zero-order chi connectivity index (χ0) is 17.1. The van der Waals surface area contributed by atoms with Crippen molar-refractivity contribution in [2.45, 2.75) is 72.6 Å². The molecule has 0 aliphatic rings. The Labute approximate surface area is 147 Å². The van der Waals surface area contributed by atoms with Gasteiger partial charge in [0, 0.05) is 0 Å². The summed E-state index contributed by atoms with van der Waals surface area (Å²) in [4.78, 5) is 0. The van der Waals surface area contributed by atoms with Gasteiger partial charge in [-0.3, -0.25) is 0 Å². The number of rotatable bonds is 12. The average Bonchev–Trinajstić information content (AvgIpc) is 2.61. The van der Waals surface area contributed by atoms with E-state index >= 15 is 0 Å². The van der Waals surface area contributed by atoms with Crippen LogP contribution >= 0.6 is 0 Å². The minimum absolute atomic E-state index is 0.992. The molecule has 0 bridgehead atoms. The Kier molecular flexibility index (Phi) is 10.1. The first kappa shape index (κ1) is 20.7. The van der Waals surface area contributed by atoms with Gasteiger partial charge in [-0.15, -0.1) is 0 Å². The molecule has 0 heterocycles. The molecule has 0 unspecified atom stereocenters. The summed E-state index contributed by atoms with van der Waals surface area (Å²) >= 11 is -2.46. The summed E-state index contributed by atoms with van der Waals surface area (Å²) in [5, 5.41) is 0. The zero-order valence-electron chi connectivity index (χ0n) is 15.9. The topological polar surface area (TPSA) is 18.5 Å². The van der Waals surface area contributed by atoms with E-state index in [0.29, 0.717) is 0 Å². The Morgan fingerprint density at radius 3 is 1.70 bits per heavy atom. The molecule has 1 aromatic rings. The van der Waals surface area contributed by atoms with E-state index in [1.165, 1.54) is 51.8 Å². The summed E-state index contributed by atoms with van der Waals surface area (Å²) in [6.07, 6.45) is 7.98.